The summed E-state index contributed by atoms with van der Waals surface area (Å²) in [5.74, 6) is 5.78. The van der Waals surface area contributed by atoms with Crippen molar-refractivity contribution in [2.75, 3.05) is 7.11 Å². The van der Waals surface area contributed by atoms with Crippen molar-refractivity contribution in [3.8, 4) is 5.88 Å². The maximum atomic E-state index is 5.19. The molecule has 4 nitrogen and oxygen atoms in total. The molecule has 5 heteroatoms. The molecule has 0 aliphatic rings. The second kappa shape index (κ2) is 4.39. The van der Waals surface area contributed by atoms with Crippen LogP contribution in [0.15, 0.2) is 16.7 Å². The van der Waals surface area contributed by atoms with Gasteiger partial charge in [-0.25, -0.2) is 4.98 Å². The van der Waals surface area contributed by atoms with Crippen LogP contribution in [0.25, 0.3) is 0 Å². The highest BCUT2D eigenvalue weighted by Gasteiger charge is 2.03. The smallest absolute Gasteiger partial charge is 0.217 e. The van der Waals surface area contributed by atoms with Gasteiger partial charge in [0.25, 0.3) is 0 Å². The van der Waals surface area contributed by atoms with Gasteiger partial charge >= 0.3 is 0 Å². The van der Waals surface area contributed by atoms with Crippen molar-refractivity contribution in [2.24, 2.45) is 5.84 Å². The fourth-order valence-corrected chi connectivity index (χ4v) is 1.27. The number of ether oxygens (including phenoxy) is 1. The first-order valence-corrected chi connectivity index (χ1v) is 4.19. The van der Waals surface area contributed by atoms with E-state index in [-0.39, 0.29) is 0 Å². The molecule has 0 unspecified atom stereocenters. The summed E-state index contributed by atoms with van der Waals surface area (Å²) in [5, 5.41) is 0. The summed E-state index contributed by atoms with van der Waals surface area (Å²) in [6, 6.07) is 1.91. The van der Waals surface area contributed by atoms with E-state index >= 15 is 0 Å². The third-order valence-electron chi connectivity index (χ3n) is 1.38. The van der Waals surface area contributed by atoms with Gasteiger partial charge in [0.05, 0.1) is 7.11 Å². The fraction of sp³-hybridized carbons (Fsp3) is 0.286. The Labute approximate surface area is 79.2 Å². The third-order valence-corrected chi connectivity index (χ3v) is 1.81. The number of methoxy groups -OCH3 is 1. The lowest BCUT2D eigenvalue weighted by atomic mass is 10.3. The van der Waals surface area contributed by atoms with E-state index in [0.29, 0.717) is 12.4 Å². The molecule has 1 rings (SSSR count). The predicted molar refractivity (Wildman–Crippen MR) is 49.5 cm³/mol. The Bertz CT molecular complexity index is 267. The maximum Gasteiger partial charge on any atom is 0.217 e. The molecule has 1 aromatic heterocycles. The van der Waals surface area contributed by atoms with Crippen molar-refractivity contribution in [3.05, 3.63) is 22.3 Å². The number of hydrogen-bond donors (Lipinski definition) is 2. The second-order valence-electron chi connectivity index (χ2n) is 2.20. The van der Waals surface area contributed by atoms with E-state index in [1.54, 1.807) is 13.3 Å². The number of pyridine rings is 1. The first kappa shape index (κ1) is 9.44. The molecule has 0 amide bonds. The van der Waals surface area contributed by atoms with Crippen molar-refractivity contribution in [1.82, 2.24) is 10.4 Å². The molecule has 0 fully saturated rings. The molecular weight excluding hydrogens is 222 g/mol. The highest BCUT2D eigenvalue weighted by molar-refractivity contribution is 9.10. The molecule has 0 aliphatic heterocycles. The van der Waals surface area contributed by atoms with Gasteiger partial charge < -0.3 is 4.74 Å². The molecule has 1 heterocycles. The summed E-state index contributed by atoms with van der Waals surface area (Å²) in [5.41, 5.74) is 3.47. The van der Waals surface area contributed by atoms with Crippen LogP contribution >= 0.6 is 15.9 Å². The number of nitrogens with zero attached hydrogens (tertiary/aromatic N) is 1. The Morgan fingerprint density at radius 2 is 2.50 bits per heavy atom. The number of nitrogens with two attached hydrogens (primary N) is 1. The van der Waals surface area contributed by atoms with Gasteiger partial charge in [0.2, 0.25) is 5.88 Å². The summed E-state index contributed by atoms with van der Waals surface area (Å²) in [4.78, 5) is 4.05. The van der Waals surface area contributed by atoms with Gasteiger partial charge in [-0.3, -0.25) is 11.3 Å². The van der Waals surface area contributed by atoms with Crippen LogP contribution in [0.2, 0.25) is 0 Å². The highest BCUT2D eigenvalue weighted by atomic mass is 79.9. The zero-order chi connectivity index (χ0) is 8.97. The predicted octanol–water partition coefficient (Wildman–Crippen LogP) is 0.816. The second-order valence-corrected chi connectivity index (χ2v) is 3.12. The van der Waals surface area contributed by atoms with E-state index in [4.69, 9.17) is 10.6 Å². The molecule has 0 atom stereocenters. The Hall–Kier alpha value is -0.650. The molecule has 66 valence electrons. The average Bonchev–Trinajstić information content (AvgIpc) is 2.05. The van der Waals surface area contributed by atoms with Crippen LogP contribution in [-0.2, 0) is 6.54 Å². The number of hydrazine groups is 1. The maximum absolute atomic E-state index is 5.19. The number of aromatic nitrogens is 1. The Kier molecular flexibility index (Phi) is 3.46. The van der Waals surface area contributed by atoms with E-state index < -0.39 is 0 Å². The quantitative estimate of drug-likeness (QED) is 0.598. The molecule has 0 saturated heterocycles. The van der Waals surface area contributed by atoms with Gasteiger partial charge in [-0.1, -0.05) is 0 Å². The molecule has 0 bridgehead atoms. The number of halogens is 1. The van der Waals surface area contributed by atoms with Crippen LogP contribution in [0.1, 0.15) is 5.56 Å². The lowest BCUT2D eigenvalue weighted by Crippen LogP contribution is -2.21. The minimum atomic E-state index is 0.537. The van der Waals surface area contributed by atoms with Crippen LogP contribution in [0, 0.1) is 0 Å². The first-order chi connectivity index (χ1) is 5.77. The molecule has 3 N–H and O–H groups in total. The van der Waals surface area contributed by atoms with Gasteiger partial charge in [-0.2, -0.15) is 0 Å². The van der Waals surface area contributed by atoms with Crippen molar-refractivity contribution < 1.29 is 4.74 Å². The molecule has 0 radical (unpaired) electrons. The third kappa shape index (κ3) is 2.17. The standard InChI is InChI=1S/C7H10BrN3O/c1-12-7-5(3-11-9)2-6(8)4-10-7/h2,4,11H,3,9H2,1H3. The number of nitrogens with one attached hydrogen (secondary N) is 1. The summed E-state index contributed by atoms with van der Waals surface area (Å²) in [6.07, 6.45) is 1.68. The summed E-state index contributed by atoms with van der Waals surface area (Å²) in [6.45, 7) is 0.537. The summed E-state index contributed by atoms with van der Waals surface area (Å²) < 4.78 is 5.94. The molecule has 0 aliphatic carbocycles. The van der Waals surface area contributed by atoms with Crippen LogP contribution in [0.4, 0.5) is 0 Å². The van der Waals surface area contributed by atoms with Crippen LogP contribution in [-0.4, -0.2) is 12.1 Å². The molecular formula is C7H10BrN3O. The lowest BCUT2D eigenvalue weighted by Gasteiger charge is -2.06. The van der Waals surface area contributed by atoms with Gasteiger partial charge in [-0.15, -0.1) is 0 Å². The van der Waals surface area contributed by atoms with Gasteiger partial charge in [0, 0.05) is 22.8 Å². The Morgan fingerprint density at radius 1 is 1.75 bits per heavy atom. The normalized spacial score (nSPS) is 9.92. The van der Waals surface area contributed by atoms with Crippen LogP contribution < -0.4 is 16.0 Å². The molecule has 0 saturated carbocycles. The highest BCUT2D eigenvalue weighted by Crippen LogP contribution is 2.18. The number of hydrogen-bond acceptors (Lipinski definition) is 4. The zero-order valence-electron chi connectivity index (χ0n) is 6.67. The average molecular weight is 232 g/mol. The minimum absolute atomic E-state index is 0.537. The van der Waals surface area contributed by atoms with Gasteiger partial charge in [0.1, 0.15) is 0 Å². The van der Waals surface area contributed by atoms with Crippen molar-refractivity contribution >= 4 is 15.9 Å². The van der Waals surface area contributed by atoms with Gasteiger partial charge in [-0.05, 0) is 22.0 Å². The largest absolute Gasteiger partial charge is 0.481 e. The van der Waals surface area contributed by atoms with E-state index in [1.807, 2.05) is 6.07 Å². The molecule has 1 aromatic rings. The topological polar surface area (TPSA) is 60.2 Å². The minimum Gasteiger partial charge on any atom is -0.481 e. The zero-order valence-corrected chi connectivity index (χ0v) is 8.26. The van der Waals surface area contributed by atoms with Crippen molar-refractivity contribution in [3.63, 3.8) is 0 Å². The van der Waals surface area contributed by atoms with E-state index in [1.165, 1.54) is 0 Å². The van der Waals surface area contributed by atoms with Crippen LogP contribution in [0.3, 0.4) is 0 Å². The lowest BCUT2D eigenvalue weighted by molar-refractivity contribution is 0.390. The van der Waals surface area contributed by atoms with Crippen molar-refractivity contribution in [2.45, 2.75) is 6.54 Å². The molecule has 0 aromatic carbocycles. The Balaban J connectivity index is 2.95. The molecule has 0 spiro atoms. The van der Waals surface area contributed by atoms with Crippen LogP contribution in [0.5, 0.6) is 5.88 Å². The summed E-state index contributed by atoms with van der Waals surface area (Å²) >= 11 is 3.31. The van der Waals surface area contributed by atoms with E-state index in [2.05, 4.69) is 26.3 Å². The molecule has 12 heavy (non-hydrogen) atoms. The SMILES string of the molecule is COc1ncc(Br)cc1CNN. The van der Waals surface area contributed by atoms with E-state index in [9.17, 15) is 0 Å². The first-order valence-electron chi connectivity index (χ1n) is 3.39. The van der Waals surface area contributed by atoms with Crippen molar-refractivity contribution in [1.29, 1.82) is 0 Å². The fourth-order valence-electron chi connectivity index (χ4n) is 0.889. The van der Waals surface area contributed by atoms with E-state index in [0.717, 1.165) is 10.0 Å². The summed E-state index contributed by atoms with van der Waals surface area (Å²) in [7, 11) is 1.58. The monoisotopic (exact) mass is 231 g/mol. The Morgan fingerprint density at radius 3 is 3.08 bits per heavy atom. The number of rotatable bonds is 3. The van der Waals surface area contributed by atoms with Gasteiger partial charge in [0.15, 0.2) is 0 Å².